The minimum absolute atomic E-state index is 0.0521. The molecule has 2 heterocycles. The fourth-order valence-electron chi connectivity index (χ4n) is 2.89. The average Bonchev–Trinajstić information content (AvgIpc) is 2.62. The summed E-state index contributed by atoms with van der Waals surface area (Å²) in [7, 11) is 0. The molecule has 0 N–H and O–H groups in total. The number of anilines is 1. The smallest absolute Gasteiger partial charge is 0.224 e. The van der Waals surface area contributed by atoms with Crippen molar-refractivity contribution in [3.8, 4) is 0 Å². The Labute approximate surface area is 144 Å². The first-order valence-electron chi connectivity index (χ1n) is 8.81. The van der Waals surface area contributed by atoms with Crippen LogP contribution in [0.3, 0.4) is 0 Å². The average molecular weight is 332 g/mol. The lowest BCUT2D eigenvalue weighted by Crippen LogP contribution is -2.49. The van der Waals surface area contributed by atoms with E-state index >= 15 is 0 Å². The predicted octanol–water partition coefficient (Wildman–Crippen LogP) is 1.77. The molecule has 0 aliphatic carbocycles. The molecule has 0 bridgehead atoms. The zero-order valence-corrected chi connectivity index (χ0v) is 14.8. The van der Waals surface area contributed by atoms with Gasteiger partial charge in [-0.2, -0.15) is 0 Å². The van der Waals surface area contributed by atoms with Crippen molar-refractivity contribution in [2.24, 2.45) is 0 Å². The van der Waals surface area contributed by atoms with Crippen LogP contribution >= 0.6 is 0 Å². The van der Waals surface area contributed by atoms with Gasteiger partial charge in [0, 0.05) is 58.8 Å². The van der Waals surface area contributed by atoms with Gasteiger partial charge >= 0.3 is 0 Å². The monoisotopic (exact) mass is 332 g/mol. The number of amides is 2. The van der Waals surface area contributed by atoms with E-state index in [0.717, 1.165) is 38.3 Å². The Morgan fingerprint density at radius 3 is 2.50 bits per heavy atom. The number of carbonyl (C=O) groups excluding carboxylic acids is 2. The van der Waals surface area contributed by atoms with Crippen LogP contribution in [0.4, 0.5) is 5.82 Å². The number of aromatic nitrogens is 1. The standard InChI is InChI=1S/C18H28N4O2/c1-3-4-10-20(16(2)23)11-8-18(24)22-14-12-21(13-15-22)17-7-5-6-9-19-17/h5-7,9H,3-4,8,10-15H2,1-2H3. The van der Waals surface area contributed by atoms with Crippen molar-refractivity contribution in [1.82, 2.24) is 14.8 Å². The molecule has 1 aliphatic rings. The first-order chi connectivity index (χ1) is 11.6. The van der Waals surface area contributed by atoms with Gasteiger partial charge in [0.05, 0.1) is 0 Å². The maximum atomic E-state index is 12.4. The molecule has 2 amide bonds. The number of pyridine rings is 1. The molecule has 24 heavy (non-hydrogen) atoms. The van der Waals surface area contributed by atoms with Crippen LogP contribution in [0.25, 0.3) is 0 Å². The van der Waals surface area contributed by atoms with Crippen molar-refractivity contribution in [2.45, 2.75) is 33.1 Å². The lowest BCUT2D eigenvalue weighted by molar-refractivity contribution is -0.133. The van der Waals surface area contributed by atoms with Crippen LogP contribution in [0.5, 0.6) is 0 Å². The minimum Gasteiger partial charge on any atom is -0.353 e. The molecule has 1 saturated heterocycles. The van der Waals surface area contributed by atoms with Gasteiger partial charge in [-0.05, 0) is 18.6 Å². The quantitative estimate of drug-likeness (QED) is 0.763. The summed E-state index contributed by atoms with van der Waals surface area (Å²) in [5.74, 6) is 1.15. The molecule has 1 aromatic rings. The first-order valence-corrected chi connectivity index (χ1v) is 8.81. The van der Waals surface area contributed by atoms with Crippen LogP contribution in [0.2, 0.25) is 0 Å². The predicted molar refractivity (Wildman–Crippen MR) is 94.8 cm³/mol. The molecule has 6 nitrogen and oxygen atoms in total. The third kappa shape index (κ3) is 5.22. The molecule has 2 rings (SSSR count). The highest BCUT2D eigenvalue weighted by atomic mass is 16.2. The van der Waals surface area contributed by atoms with Crippen LogP contribution < -0.4 is 4.90 Å². The highest BCUT2D eigenvalue weighted by molar-refractivity contribution is 5.78. The number of rotatable bonds is 7. The van der Waals surface area contributed by atoms with Gasteiger partial charge < -0.3 is 14.7 Å². The number of unbranched alkanes of at least 4 members (excludes halogenated alkanes) is 1. The van der Waals surface area contributed by atoms with Crippen LogP contribution in [-0.2, 0) is 9.59 Å². The lowest BCUT2D eigenvalue weighted by Gasteiger charge is -2.35. The third-order valence-electron chi connectivity index (χ3n) is 4.43. The molecule has 1 aliphatic heterocycles. The van der Waals surface area contributed by atoms with Gasteiger partial charge in [0.1, 0.15) is 5.82 Å². The summed E-state index contributed by atoms with van der Waals surface area (Å²) in [6, 6.07) is 5.88. The Morgan fingerprint density at radius 1 is 1.17 bits per heavy atom. The minimum atomic E-state index is 0.0521. The van der Waals surface area contributed by atoms with Crippen molar-refractivity contribution < 1.29 is 9.59 Å². The van der Waals surface area contributed by atoms with Crippen molar-refractivity contribution in [2.75, 3.05) is 44.2 Å². The molecular weight excluding hydrogens is 304 g/mol. The van der Waals surface area contributed by atoms with Gasteiger partial charge in [0.2, 0.25) is 11.8 Å². The van der Waals surface area contributed by atoms with Crippen molar-refractivity contribution >= 4 is 17.6 Å². The van der Waals surface area contributed by atoms with E-state index in [1.807, 2.05) is 23.1 Å². The van der Waals surface area contributed by atoms with E-state index < -0.39 is 0 Å². The fourth-order valence-corrected chi connectivity index (χ4v) is 2.89. The molecule has 0 unspecified atom stereocenters. The van der Waals surface area contributed by atoms with Crippen LogP contribution in [0.1, 0.15) is 33.1 Å². The van der Waals surface area contributed by atoms with E-state index in [1.54, 1.807) is 18.0 Å². The molecule has 0 aromatic carbocycles. The summed E-state index contributed by atoms with van der Waals surface area (Å²) in [4.78, 5) is 34.3. The zero-order chi connectivity index (χ0) is 17.4. The molecule has 1 fully saturated rings. The van der Waals surface area contributed by atoms with E-state index in [0.29, 0.717) is 26.1 Å². The normalized spacial score (nSPS) is 14.6. The second-order valence-electron chi connectivity index (χ2n) is 6.17. The summed E-state index contributed by atoms with van der Waals surface area (Å²) in [5, 5.41) is 0. The van der Waals surface area contributed by atoms with Crippen LogP contribution in [-0.4, -0.2) is 65.9 Å². The second kappa shape index (κ2) is 9.25. The summed E-state index contributed by atoms with van der Waals surface area (Å²) in [6.07, 6.45) is 4.23. The fraction of sp³-hybridized carbons (Fsp3) is 0.611. The van der Waals surface area contributed by atoms with E-state index in [1.165, 1.54) is 0 Å². The lowest BCUT2D eigenvalue weighted by atomic mass is 10.2. The number of nitrogens with zero attached hydrogens (tertiary/aromatic N) is 4. The van der Waals surface area contributed by atoms with Crippen LogP contribution in [0.15, 0.2) is 24.4 Å². The van der Waals surface area contributed by atoms with Gasteiger partial charge in [0.25, 0.3) is 0 Å². The van der Waals surface area contributed by atoms with Gasteiger partial charge in [-0.1, -0.05) is 19.4 Å². The summed E-state index contributed by atoms with van der Waals surface area (Å²) in [6.45, 7) is 7.97. The van der Waals surface area contributed by atoms with E-state index in [9.17, 15) is 9.59 Å². The van der Waals surface area contributed by atoms with Gasteiger partial charge in [-0.25, -0.2) is 4.98 Å². The largest absolute Gasteiger partial charge is 0.353 e. The van der Waals surface area contributed by atoms with Gasteiger partial charge in [-0.15, -0.1) is 0 Å². The first kappa shape index (κ1) is 18.2. The second-order valence-corrected chi connectivity index (χ2v) is 6.17. The Bertz CT molecular complexity index is 527. The number of hydrogen-bond donors (Lipinski definition) is 0. The van der Waals surface area contributed by atoms with E-state index in [2.05, 4.69) is 16.8 Å². The molecule has 0 atom stereocenters. The maximum Gasteiger partial charge on any atom is 0.224 e. The summed E-state index contributed by atoms with van der Waals surface area (Å²) >= 11 is 0. The van der Waals surface area contributed by atoms with Gasteiger partial charge in [0.15, 0.2) is 0 Å². The Balaban J connectivity index is 1.77. The number of piperazine rings is 1. The molecule has 0 saturated carbocycles. The molecule has 6 heteroatoms. The molecule has 132 valence electrons. The third-order valence-corrected chi connectivity index (χ3v) is 4.43. The Kier molecular flexibility index (Phi) is 7.03. The van der Waals surface area contributed by atoms with E-state index in [4.69, 9.17) is 0 Å². The van der Waals surface area contributed by atoms with Crippen LogP contribution in [0, 0.1) is 0 Å². The molecular formula is C18H28N4O2. The Hall–Kier alpha value is -2.11. The summed E-state index contributed by atoms with van der Waals surface area (Å²) in [5.41, 5.74) is 0. The zero-order valence-electron chi connectivity index (χ0n) is 14.8. The highest BCUT2D eigenvalue weighted by Crippen LogP contribution is 2.13. The molecule has 1 aromatic heterocycles. The maximum absolute atomic E-state index is 12.4. The van der Waals surface area contributed by atoms with E-state index in [-0.39, 0.29) is 11.8 Å². The number of carbonyl (C=O) groups is 2. The van der Waals surface area contributed by atoms with Crippen molar-refractivity contribution in [1.29, 1.82) is 0 Å². The molecule has 0 spiro atoms. The SMILES string of the molecule is CCCCN(CCC(=O)N1CCN(c2ccccn2)CC1)C(C)=O. The molecule has 0 radical (unpaired) electrons. The summed E-state index contributed by atoms with van der Waals surface area (Å²) < 4.78 is 0. The van der Waals surface area contributed by atoms with Crippen molar-refractivity contribution in [3.63, 3.8) is 0 Å². The topological polar surface area (TPSA) is 56.8 Å². The van der Waals surface area contributed by atoms with Crippen molar-refractivity contribution in [3.05, 3.63) is 24.4 Å². The van der Waals surface area contributed by atoms with Gasteiger partial charge in [-0.3, -0.25) is 9.59 Å². The number of hydrogen-bond acceptors (Lipinski definition) is 4. The highest BCUT2D eigenvalue weighted by Gasteiger charge is 2.22. The Morgan fingerprint density at radius 2 is 1.92 bits per heavy atom.